The zero-order valence-corrected chi connectivity index (χ0v) is 6.18. The number of aryl methyl sites for hydroxylation is 1. The fourth-order valence-electron chi connectivity index (χ4n) is 1.19. The number of rotatable bonds is 0. The van der Waals surface area contributed by atoms with E-state index >= 15 is 0 Å². The van der Waals surface area contributed by atoms with Gasteiger partial charge in [-0.25, -0.2) is 4.98 Å². The van der Waals surface area contributed by atoms with Crippen molar-refractivity contribution >= 4 is 5.91 Å². The summed E-state index contributed by atoms with van der Waals surface area (Å²) in [5.74, 6) is 1.15. The molecule has 0 bridgehead atoms. The largest absolute Gasteiger partial charge is 0.445 e. The number of carbonyl (C=O) groups is 1. The van der Waals surface area contributed by atoms with Crippen molar-refractivity contribution in [2.24, 2.45) is 0 Å². The van der Waals surface area contributed by atoms with E-state index in [9.17, 15) is 4.79 Å². The molecule has 0 aliphatic carbocycles. The van der Waals surface area contributed by atoms with Crippen LogP contribution in [0.25, 0.3) is 0 Å². The van der Waals surface area contributed by atoms with Crippen LogP contribution in [0.1, 0.15) is 22.1 Å². The van der Waals surface area contributed by atoms with E-state index in [0.717, 1.165) is 6.42 Å². The highest BCUT2D eigenvalue weighted by atomic mass is 16.4. The third kappa shape index (κ3) is 0.906. The van der Waals surface area contributed by atoms with Crippen LogP contribution in [0.15, 0.2) is 4.42 Å². The summed E-state index contributed by atoms with van der Waals surface area (Å²) in [7, 11) is 0. The molecule has 11 heavy (non-hydrogen) atoms. The van der Waals surface area contributed by atoms with Crippen LogP contribution >= 0.6 is 0 Å². The second kappa shape index (κ2) is 2.08. The minimum atomic E-state index is -0.122. The van der Waals surface area contributed by atoms with Gasteiger partial charge in [-0.3, -0.25) is 4.79 Å². The molecule has 1 aromatic rings. The lowest BCUT2D eigenvalue weighted by atomic mass is 10.2. The molecule has 1 amide bonds. The molecule has 0 saturated carbocycles. The molecule has 1 aromatic heterocycles. The van der Waals surface area contributed by atoms with E-state index in [2.05, 4.69) is 10.3 Å². The number of nitrogens with zero attached hydrogens (tertiary/aromatic N) is 1. The molecule has 58 valence electrons. The van der Waals surface area contributed by atoms with Gasteiger partial charge >= 0.3 is 0 Å². The van der Waals surface area contributed by atoms with Crippen LogP contribution in [0.5, 0.6) is 0 Å². The Kier molecular flexibility index (Phi) is 1.21. The van der Waals surface area contributed by atoms with Crippen molar-refractivity contribution in [3.63, 3.8) is 0 Å². The second-order valence-electron chi connectivity index (χ2n) is 2.51. The van der Waals surface area contributed by atoms with E-state index < -0.39 is 0 Å². The number of hydrogen-bond acceptors (Lipinski definition) is 3. The van der Waals surface area contributed by atoms with Crippen LogP contribution in [0.2, 0.25) is 0 Å². The quantitative estimate of drug-likeness (QED) is 0.580. The summed E-state index contributed by atoms with van der Waals surface area (Å²) in [6.07, 6.45) is 0.752. The lowest BCUT2D eigenvalue weighted by Crippen LogP contribution is -2.31. The Labute approximate surface area is 63.6 Å². The van der Waals surface area contributed by atoms with Gasteiger partial charge in [-0.2, -0.15) is 0 Å². The summed E-state index contributed by atoms with van der Waals surface area (Å²) in [6, 6.07) is 0. The molecule has 1 aliphatic heterocycles. The van der Waals surface area contributed by atoms with Gasteiger partial charge in [-0.15, -0.1) is 0 Å². The molecule has 4 nitrogen and oxygen atoms in total. The normalized spacial score (nSPS) is 15.9. The highest BCUT2D eigenvalue weighted by Crippen LogP contribution is 2.13. The number of carbonyl (C=O) groups excluding carboxylic acids is 1. The highest BCUT2D eigenvalue weighted by molar-refractivity contribution is 5.94. The molecule has 1 aliphatic rings. The minimum absolute atomic E-state index is 0.122. The van der Waals surface area contributed by atoms with Crippen molar-refractivity contribution in [3.05, 3.63) is 17.3 Å². The van der Waals surface area contributed by atoms with Crippen LogP contribution in [-0.4, -0.2) is 17.4 Å². The van der Waals surface area contributed by atoms with Gasteiger partial charge in [0.05, 0.1) is 0 Å². The molecule has 2 rings (SSSR count). The van der Waals surface area contributed by atoms with Crippen molar-refractivity contribution in [1.29, 1.82) is 0 Å². The highest BCUT2D eigenvalue weighted by Gasteiger charge is 2.21. The zero-order chi connectivity index (χ0) is 7.84. The summed E-state index contributed by atoms with van der Waals surface area (Å²) in [5, 5.41) is 2.69. The van der Waals surface area contributed by atoms with Crippen LogP contribution in [-0.2, 0) is 6.42 Å². The van der Waals surface area contributed by atoms with E-state index in [1.54, 1.807) is 6.92 Å². The van der Waals surface area contributed by atoms with Crippen molar-refractivity contribution in [3.8, 4) is 0 Å². The third-order valence-corrected chi connectivity index (χ3v) is 1.66. The van der Waals surface area contributed by atoms with Crippen molar-refractivity contribution in [2.45, 2.75) is 13.3 Å². The average molecular weight is 152 g/mol. The average Bonchev–Trinajstić information content (AvgIpc) is 2.31. The van der Waals surface area contributed by atoms with E-state index in [1.165, 1.54) is 0 Å². The summed E-state index contributed by atoms with van der Waals surface area (Å²) < 4.78 is 5.20. The first-order chi connectivity index (χ1) is 5.27. The summed E-state index contributed by atoms with van der Waals surface area (Å²) in [5.41, 5.74) is 0.453. The Morgan fingerprint density at radius 1 is 1.64 bits per heavy atom. The van der Waals surface area contributed by atoms with Gasteiger partial charge in [-0.1, -0.05) is 0 Å². The number of aromatic nitrogens is 1. The van der Waals surface area contributed by atoms with Crippen LogP contribution in [0.3, 0.4) is 0 Å². The predicted octanol–water partition coefficient (Wildman–Crippen LogP) is 0.269. The standard InChI is InChI=1S/C7H8N2O2/c1-4-9-6-5(11-4)2-3-8-7(6)10/h2-3H2,1H3,(H,8,10). The van der Waals surface area contributed by atoms with Gasteiger partial charge in [0.2, 0.25) is 0 Å². The van der Waals surface area contributed by atoms with Crippen molar-refractivity contribution in [1.82, 2.24) is 10.3 Å². The maximum Gasteiger partial charge on any atom is 0.273 e. The van der Waals surface area contributed by atoms with Gasteiger partial charge in [-0.05, 0) is 0 Å². The number of nitrogens with one attached hydrogen (secondary N) is 1. The summed E-state index contributed by atoms with van der Waals surface area (Å²) in [6.45, 7) is 2.39. The molecule has 0 aromatic carbocycles. The van der Waals surface area contributed by atoms with Gasteiger partial charge in [0, 0.05) is 19.9 Å². The van der Waals surface area contributed by atoms with Gasteiger partial charge in [0.25, 0.3) is 5.91 Å². The number of amides is 1. The van der Waals surface area contributed by atoms with Crippen LogP contribution < -0.4 is 5.32 Å². The Morgan fingerprint density at radius 2 is 2.45 bits per heavy atom. The minimum Gasteiger partial charge on any atom is -0.445 e. The van der Waals surface area contributed by atoms with E-state index in [1.807, 2.05) is 0 Å². The monoisotopic (exact) mass is 152 g/mol. The van der Waals surface area contributed by atoms with E-state index in [0.29, 0.717) is 23.9 Å². The molecule has 0 saturated heterocycles. The smallest absolute Gasteiger partial charge is 0.273 e. The fraction of sp³-hybridized carbons (Fsp3) is 0.429. The maximum absolute atomic E-state index is 11.1. The molecule has 1 N–H and O–H groups in total. The lowest BCUT2D eigenvalue weighted by molar-refractivity contribution is 0.0938. The molecule has 4 heteroatoms. The van der Waals surface area contributed by atoms with Gasteiger partial charge < -0.3 is 9.73 Å². The van der Waals surface area contributed by atoms with Gasteiger partial charge in [0.1, 0.15) is 5.76 Å². The van der Waals surface area contributed by atoms with Crippen LogP contribution in [0, 0.1) is 6.92 Å². The van der Waals surface area contributed by atoms with E-state index in [4.69, 9.17) is 4.42 Å². The topological polar surface area (TPSA) is 55.1 Å². The fourth-order valence-corrected chi connectivity index (χ4v) is 1.19. The number of fused-ring (bicyclic) bond motifs is 1. The Bertz CT molecular complexity index is 303. The van der Waals surface area contributed by atoms with Gasteiger partial charge in [0.15, 0.2) is 11.6 Å². The Balaban J connectivity index is 2.52. The lowest BCUT2D eigenvalue weighted by Gasteiger charge is -2.07. The Morgan fingerprint density at radius 3 is 3.18 bits per heavy atom. The molecule has 0 unspecified atom stereocenters. The first-order valence-electron chi connectivity index (χ1n) is 3.52. The maximum atomic E-state index is 11.1. The SMILES string of the molecule is Cc1nc2c(o1)CCNC2=O. The first-order valence-corrected chi connectivity index (χ1v) is 3.52. The van der Waals surface area contributed by atoms with Crippen molar-refractivity contribution < 1.29 is 9.21 Å². The molecule has 0 radical (unpaired) electrons. The molecule has 0 atom stereocenters. The first kappa shape index (κ1) is 6.39. The van der Waals surface area contributed by atoms with Crippen molar-refractivity contribution in [2.75, 3.05) is 6.54 Å². The molecule has 0 spiro atoms. The number of hydrogen-bond donors (Lipinski definition) is 1. The summed E-state index contributed by atoms with van der Waals surface area (Å²) >= 11 is 0. The summed E-state index contributed by atoms with van der Waals surface area (Å²) in [4.78, 5) is 15.0. The molecule has 2 heterocycles. The van der Waals surface area contributed by atoms with E-state index in [-0.39, 0.29) is 5.91 Å². The number of oxazole rings is 1. The zero-order valence-electron chi connectivity index (χ0n) is 6.18. The Hall–Kier alpha value is -1.32. The predicted molar refractivity (Wildman–Crippen MR) is 37.3 cm³/mol. The molecule has 0 fully saturated rings. The molecular formula is C7H8N2O2. The van der Waals surface area contributed by atoms with Crippen LogP contribution in [0.4, 0.5) is 0 Å². The third-order valence-electron chi connectivity index (χ3n) is 1.66. The second-order valence-corrected chi connectivity index (χ2v) is 2.51. The molecular weight excluding hydrogens is 144 g/mol.